The van der Waals surface area contributed by atoms with Crippen LogP contribution in [0.2, 0.25) is 0 Å². The number of rotatable bonds is 31. The van der Waals surface area contributed by atoms with Gasteiger partial charge in [0, 0.05) is 57.9 Å². The average Bonchev–Trinajstić information content (AvgIpc) is 0.805. The van der Waals surface area contributed by atoms with Gasteiger partial charge in [0.2, 0.25) is 0 Å². The first-order valence-electron chi connectivity index (χ1n) is 43.9. The van der Waals surface area contributed by atoms with Gasteiger partial charge in [-0.2, -0.15) is 0 Å². The Balaban J connectivity index is 0.000000139. The lowest BCUT2D eigenvalue weighted by atomic mass is 9.88. The topological polar surface area (TPSA) is 90.3 Å². The van der Waals surface area contributed by atoms with Crippen LogP contribution < -0.4 is 18.9 Å². The molecule has 4 aliphatic rings. The molecule has 10 nitrogen and oxygen atoms in total. The SMILES string of the molecule is CCCN1CC(Oc2ccc(/C(=C(/CC)c3ccccc3)c3ccc(O)cc3)cc2)C1.CCCN1CC(Oc2ccc(/C(=C(/CC)c3ccccc3)c3cccc(O)c3)cc2)C1.CCCN1CC(Oc2ccc(/C(=C(/CC)c3ccccc3)c3ccccc3)cc2)C1.CCCN1CC(Oc2ccc(/C(=C(/Cl)c3ccccc3)c3ccccc3)cc2)C1. The van der Waals surface area contributed by atoms with E-state index in [0.29, 0.717) is 18.3 Å². The quantitative estimate of drug-likeness (QED) is 0.0410. The predicted octanol–water partition coefficient (Wildman–Crippen LogP) is 25.3. The van der Waals surface area contributed by atoms with Crippen LogP contribution in [0.3, 0.4) is 0 Å². The molecular formula is C110H119ClN4O6. The summed E-state index contributed by atoms with van der Waals surface area (Å²) in [6, 6.07) is 112. The lowest BCUT2D eigenvalue weighted by Crippen LogP contribution is -2.53. The van der Waals surface area contributed by atoms with E-state index in [1.165, 1.54) is 87.9 Å². The van der Waals surface area contributed by atoms with E-state index in [1.54, 1.807) is 18.2 Å². The van der Waals surface area contributed by atoms with E-state index in [9.17, 15) is 10.2 Å². The number of benzene rings is 12. The maximum Gasteiger partial charge on any atom is 0.124 e. The summed E-state index contributed by atoms with van der Waals surface area (Å²) in [5.41, 5.74) is 22.4. The Morgan fingerprint density at radius 1 is 0.248 bits per heavy atom. The maximum atomic E-state index is 10.1. The van der Waals surface area contributed by atoms with Gasteiger partial charge in [0.15, 0.2) is 0 Å². The monoisotopic (exact) mass is 1630 g/mol. The lowest BCUT2D eigenvalue weighted by Gasteiger charge is -2.38. The zero-order valence-corrected chi connectivity index (χ0v) is 72.4. The Morgan fingerprint density at radius 2 is 0.471 bits per heavy atom. The molecule has 4 fully saturated rings. The van der Waals surface area contributed by atoms with E-state index < -0.39 is 0 Å². The summed E-state index contributed by atoms with van der Waals surface area (Å²) in [7, 11) is 0. The first-order chi connectivity index (χ1) is 59.4. The summed E-state index contributed by atoms with van der Waals surface area (Å²) in [6.07, 6.45) is 8.75. The minimum absolute atomic E-state index is 0.278. The zero-order valence-electron chi connectivity index (χ0n) is 71.6. The fraction of sp³-hybridized carbons (Fsp3) is 0.273. The molecule has 622 valence electrons. The number of allylic oxidation sites excluding steroid dienone is 3. The van der Waals surface area contributed by atoms with E-state index in [0.717, 1.165) is 169 Å². The Hall–Kier alpha value is -11.5. The molecule has 0 spiro atoms. The largest absolute Gasteiger partial charge is 0.508 e. The molecular weight excluding hydrogens is 1510 g/mol. The highest BCUT2D eigenvalue weighted by Gasteiger charge is 2.31. The Kier molecular flexibility index (Phi) is 32.3. The molecule has 11 heteroatoms. The van der Waals surface area contributed by atoms with Gasteiger partial charge in [-0.15, -0.1) is 0 Å². The number of nitrogens with zero attached hydrogens (tertiary/aromatic N) is 4. The highest BCUT2D eigenvalue weighted by Crippen LogP contribution is 2.41. The van der Waals surface area contributed by atoms with Gasteiger partial charge in [0.1, 0.15) is 58.9 Å². The smallest absolute Gasteiger partial charge is 0.124 e. The minimum Gasteiger partial charge on any atom is -0.508 e. The van der Waals surface area contributed by atoms with Crippen molar-refractivity contribution >= 4 is 55.6 Å². The number of likely N-dealkylation sites (tertiary alicyclic amines) is 4. The minimum atomic E-state index is 0.278. The van der Waals surface area contributed by atoms with Crippen LogP contribution in [0.5, 0.6) is 34.5 Å². The second kappa shape index (κ2) is 44.7. The van der Waals surface area contributed by atoms with Gasteiger partial charge in [-0.3, -0.25) is 19.6 Å². The molecule has 4 saturated heterocycles. The molecule has 0 bridgehead atoms. The highest BCUT2D eigenvalue weighted by molar-refractivity contribution is 6.53. The Labute approximate surface area is 725 Å². The van der Waals surface area contributed by atoms with Crippen molar-refractivity contribution in [3.63, 3.8) is 0 Å². The van der Waals surface area contributed by atoms with Crippen molar-refractivity contribution < 1.29 is 29.2 Å². The molecule has 4 heterocycles. The van der Waals surface area contributed by atoms with Crippen LogP contribution in [-0.4, -0.2) is 133 Å². The van der Waals surface area contributed by atoms with Gasteiger partial charge >= 0.3 is 0 Å². The van der Waals surface area contributed by atoms with Crippen molar-refractivity contribution in [2.24, 2.45) is 0 Å². The number of phenols is 2. The second-order valence-electron chi connectivity index (χ2n) is 31.7. The molecule has 0 saturated carbocycles. The number of hydrogen-bond donors (Lipinski definition) is 2. The zero-order chi connectivity index (χ0) is 84.1. The van der Waals surface area contributed by atoms with Crippen LogP contribution in [0.15, 0.2) is 328 Å². The molecule has 0 radical (unpaired) electrons. The third-order valence-electron chi connectivity index (χ3n) is 22.6. The fourth-order valence-electron chi connectivity index (χ4n) is 16.6. The second-order valence-corrected chi connectivity index (χ2v) is 32.1. The Morgan fingerprint density at radius 3 is 0.736 bits per heavy atom. The number of halogens is 1. The van der Waals surface area contributed by atoms with Crippen molar-refractivity contribution in [2.45, 2.75) is 118 Å². The summed E-state index contributed by atoms with van der Waals surface area (Å²) in [4.78, 5) is 9.73. The average molecular weight is 1630 g/mol. The molecule has 0 aromatic heterocycles. The molecule has 0 aliphatic carbocycles. The van der Waals surface area contributed by atoms with E-state index >= 15 is 0 Å². The first kappa shape index (κ1) is 87.4. The standard InChI is InChI=1S/2C28H31NO2.C28H31NO.C26H26ClNO/c1-3-17-29-19-26(20-29)31-25-15-13-22(14-16-25)28(23-11-8-12-24(30)18-23)27(4-2)21-9-6-5-7-10-21;1-3-18-29-19-26(20-29)31-25-16-12-23(13-17-25)28(22-10-14-24(30)15-11-22)27(4-2)21-8-6-5-7-9-21;1-3-19-29-20-26(21-29)30-25-17-15-24(16-18-25)28(23-13-9-6-10-14-23)27(4-2)22-11-7-5-8-12-22;1-2-17-28-18-24(19-28)29-23-15-13-21(14-16-23)25(20-9-5-3-6-10-20)26(27)22-11-7-4-8-12-22/h5-16,18,26,30H,3-4,17,19-20H2,1-2H3;5-17,26,30H,3-4,18-20H2,1-2H3;5-18,26H,3-4,19-21H2,1-2H3;3-16,24H,2,17-19H2,1H3/b28-27+;2*28-27-;26-25+. The Bertz CT molecular complexity index is 5260. The summed E-state index contributed by atoms with van der Waals surface area (Å²) in [5, 5.41) is 20.7. The van der Waals surface area contributed by atoms with Gasteiger partial charge in [0.25, 0.3) is 0 Å². The maximum absolute atomic E-state index is 10.1. The van der Waals surface area contributed by atoms with Gasteiger partial charge in [0.05, 0.1) is 5.03 Å². The lowest BCUT2D eigenvalue weighted by molar-refractivity contribution is 0.0201. The molecule has 0 unspecified atom stereocenters. The number of phenolic OH excluding ortho intramolecular Hbond substituents is 2. The van der Waals surface area contributed by atoms with Crippen molar-refractivity contribution in [1.82, 2.24) is 19.6 Å². The third kappa shape index (κ3) is 24.0. The van der Waals surface area contributed by atoms with Crippen molar-refractivity contribution in [2.75, 3.05) is 78.5 Å². The van der Waals surface area contributed by atoms with Crippen molar-refractivity contribution in [3.05, 3.63) is 394 Å². The van der Waals surface area contributed by atoms with E-state index in [-0.39, 0.29) is 17.6 Å². The number of hydrogen-bond acceptors (Lipinski definition) is 10. The molecule has 4 aliphatic heterocycles. The van der Waals surface area contributed by atoms with E-state index in [2.05, 4.69) is 293 Å². The van der Waals surface area contributed by atoms with Crippen LogP contribution >= 0.6 is 11.6 Å². The van der Waals surface area contributed by atoms with Crippen molar-refractivity contribution in [1.29, 1.82) is 0 Å². The van der Waals surface area contributed by atoms with Crippen molar-refractivity contribution in [3.8, 4) is 34.5 Å². The normalized spacial score (nSPS) is 15.4. The number of ether oxygens (including phenoxy) is 4. The molecule has 12 aromatic carbocycles. The van der Waals surface area contributed by atoms with Gasteiger partial charge in [-0.25, -0.2) is 0 Å². The third-order valence-corrected chi connectivity index (χ3v) is 23.0. The van der Waals surface area contributed by atoms with Gasteiger partial charge in [-0.1, -0.05) is 315 Å². The van der Waals surface area contributed by atoms with Crippen LogP contribution in [0.1, 0.15) is 160 Å². The van der Waals surface area contributed by atoms with Crippen LogP contribution in [-0.2, 0) is 0 Å². The molecule has 2 N–H and O–H groups in total. The van der Waals surface area contributed by atoms with E-state index in [1.807, 2.05) is 84.9 Å². The van der Waals surface area contributed by atoms with Crippen LogP contribution in [0.25, 0.3) is 44.0 Å². The molecule has 16 rings (SSSR count). The number of aromatic hydroxyl groups is 2. The van der Waals surface area contributed by atoms with Gasteiger partial charge in [-0.05, 0) is 244 Å². The summed E-state index contributed by atoms with van der Waals surface area (Å²) in [5.74, 6) is 4.27. The summed E-state index contributed by atoms with van der Waals surface area (Å²) < 4.78 is 24.6. The highest BCUT2D eigenvalue weighted by atomic mass is 35.5. The summed E-state index contributed by atoms with van der Waals surface area (Å²) >= 11 is 6.89. The molecule has 12 aromatic rings. The summed E-state index contributed by atoms with van der Waals surface area (Å²) in [6.45, 7) is 28.3. The van der Waals surface area contributed by atoms with Crippen LogP contribution in [0, 0.1) is 0 Å². The molecule has 121 heavy (non-hydrogen) atoms. The molecule has 0 atom stereocenters. The predicted molar refractivity (Wildman–Crippen MR) is 506 cm³/mol. The van der Waals surface area contributed by atoms with E-state index in [4.69, 9.17) is 30.5 Å². The first-order valence-corrected chi connectivity index (χ1v) is 44.2. The molecule has 0 amide bonds. The van der Waals surface area contributed by atoms with Gasteiger partial charge < -0.3 is 29.2 Å². The van der Waals surface area contributed by atoms with Crippen LogP contribution in [0.4, 0.5) is 0 Å². The fourth-order valence-corrected chi connectivity index (χ4v) is 17.0.